The van der Waals surface area contributed by atoms with E-state index in [0.717, 1.165) is 94.1 Å². The number of rotatable bonds is 7. The predicted octanol–water partition coefficient (Wildman–Crippen LogP) is 14.9. The van der Waals surface area contributed by atoms with Crippen molar-refractivity contribution >= 4 is 43.7 Å². The van der Waals surface area contributed by atoms with Gasteiger partial charge in [-0.2, -0.15) is 0 Å². The van der Waals surface area contributed by atoms with Crippen molar-refractivity contribution in [2.24, 2.45) is 0 Å². The number of hydrogen-bond donors (Lipinski definition) is 0. The number of furan rings is 1. The van der Waals surface area contributed by atoms with Crippen molar-refractivity contribution in [3.63, 3.8) is 0 Å². The Morgan fingerprint density at radius 2 is 0.774 bits per heavy atom. The molecule has 0 atom stereocenters. The molecule has 3 aromatic heterocycles. The van der Waals surface area contributed by atoms with Crippen molar-refractivity contribution in [2.45, 2.75) is 0 Å². The summed E-state index contributed by atoms with van der Waals surface area (Å²) in [6.45, 7) is 0. The first kappa shape index (κ1) is 35.5. The van der Waals surface area contributed by atoms with E-state index in [4.69, 9.17) is 19.4 Å². The molecule has 9 aromatic carbocycles. The molecule has 0 spiro atoms. The second kappa shape index (κ2) is 14.7. The maximum absolute atomic E-state index is 6.84. The molecule has 0 N–H and O–H groups in total. The van der Waals surface area contributed by atoms with Crippen molar-refractivity contribution in [1.29, 1.82) is 0 Å². The van der Waals surface area contributed by atoms with Gasteiger partial charge in [-0.25, -0.2) is 15.0 Å². The summed E-state index contributed by atoms with van der Waals surface area (Å²) < 4.78 is 9.17. The minimum atomic E-state index is 0.610. The third kappa shape index (κ3) is 6.06. The molecule has 62 heavy (non-hydrogen) atoms. The summed E-state index contributed by atoms with van der Waals surface area (Å²) in [4.78, 5) is 15.2. The first-order valence-electron chi connectivity index (χ1n) is 20.8. The van der Waals surface area contributed by atoms with Gasteiger partial charge in [0.1, 0.15) is 5.58 Å². The third-order valence-corrected chi connectivity index (χ3v) is 11.9. The number of nitrogens with zero attached hydrogens (tertiary/aromatic N) is 4. The van der Waals surface area contributed by atoms with Gasteiger partial charge in [0.25, 0.3) is 0 Å². The first-order valence-corrected chi connectivity index (χ1v) is 20.8. The smallest absolute Gasteiger partial charge is 0.164 e. The van der Waals surface area contributed by atoms with Gasteiger partial charge in [0.05, 0.1) is 11.0 Å². The Balaban J connectivity index is 0.962. The van der Waals surface area contributed by atoms with E-state index in [2.05, 4.69) is 211 Å². The second-order valence-corrected chi connectivity index (χ2v) is 15.6. The molecule has 5 nitrogen and oxygen atoms in total. The largest absolute Gasteiger partial charge is 0.454 e. The highest BCUT2D eigenvalue weighted by atomic mass is 16.3. The lowest BCUT2D eigenvalue weighted by molar-refractivity contribution is 0.671. The van der Waals surface area contributed by atoms with E-state index in [1.54, 1.807) is 0 Å². The third-order valence-electron chi connectivity index (χ3n) is 11.9. The molecule has 0 amide bonds. The molecule has 0 aliphatic carbocycles. The van der Waals surface area contributed by atoms with Gasteiger partial charge >= 0.3 is 0 Å². The summed E-state index contributed by atoms with van der Waals surface area (Å²) in [6, 6.07) is 76.1. The fourth-order valence-electron chi connectivity index (χ4n) is 8.86. The molecule has 290 valence electrons. The SMILES string of the molecule is c1ccc(-c2ccc(-c3nc(-c4ccc(-c5ccccc5)cc4)nc(-c4ccc(-c5cccc6oc7c(ccc8c9ccccc9n(-c9ccccc9)c87)c56)cc4)n3)cc2)cc1. The van der Waals surface area contributed by atoms with Crippen LogP contribution in [0.4, 0.5) is 0 Å². The zero-order valence-corrected chi connectivity index (χ0v) is 33.5. The minimum Gasteiger partial charge on any atom is -0.454 e. The van der Waals surface area contributed by atoms with Gasteiger partial charge in [0, 0.05) is 43.9 Å². The lowest BCUT2D eigenvalue weighted by Crippen LogP contribution is -2.00. The van der Waals surface area contributed by atoms with Crippen LogP contribution >= 0.6 is 0 Å². The first-order chi connectivity index (χ1) is 30.7. The monoisotopic (exact) mass is 792 g/mol. The van der Waals surface area contributed by atoms with Crippen LogP contribution in [-0.4, -0.2) is 19.5 Å². The van der Waals surface area contributed by atoms with Gasteiger partial charge in [-0.1, -0.05) is 188 Å². The number of benzene rings is 9. The summed E-state index contributed by atoms with van der Waals surface area (Å²) >= 11 is 0. The average molecular weight is 793 g/mol. The molecule has 5 heteroatoms. The molecule has 0 fully saturated rings. The Labute approximate surface area is 357 Å². The minimum absolute atomic E-state index is 0.610. The van der Waals surface area contributed by atoms with Crippen LogP contribution in [0.2, 0.25) is 0 Å². The number of aromatic nitrogens is 4. The van der Waals surface area contributed by atoms with Crippen LogP contribution in [0, 0.1) is 0 Å². The van der Waals surface area contributed by atoms with Gasteiger partial charge in [-0.05, 0) is 63.7 Å². The quantitative estimate of drug-likeness (QED) is 0.161. The normalized spacial score (nSPS) is 11.5. The van der Waals surface area contributed by atoms with Crippen LogP contribution in [0.15, 0.2) is 223 Å². The van der Waals surface area contributed by atoms with Gasteiger partial charge in [-0.15, -0.1) is 0 Å². The predicted molar refractivity (Wildman–Crippen MR) is 254 cm³/mol. The summed E-state index contributed by atoms with van der Waals surface area (Å²) in [5, 5.41) is 4.53. The average Bonchev–Trinajstić information content (AvgIpc) is 3.91. The Morgan fingerprint density at radius 1 is 0.323 bits per heavy atom. The molecule has 12 aromatic rings. The maximum Gasteiger partial charge on any atom is 0.164 e. The molecular weight excluding hydrogens is 757 g/mol. The highest BCUT2D eigenvalue weighted by Crippen LogP contribution is 2.43. The molecule has 0 radical (unpaired) electrons. The lowest BCUT2D eigenvalue weighted by atomic mass is 9.98. The summed E-state index contributed by atoms with van der Waals surface area (Å²) in [5.41, 5.74) is 14.6. The van der Waals surface area contributed by atoms with E-state index in [1.807, 2.05) is 12.1 Å². The summed E-state index contributed by atoms with van der Waals surface area (Å²) in [6.07, 6.45) is 0. The molecule has 0 aliphatic rings. The van der Waals surface area contributed by atoms with Crippen molar-refractivity contribution in [3.8, 4) is 73.2 Å². The van der Waals surface area contributed by atoms with E-state index >= 15 is 0 Å². The number of hydrogen-bond acceptors (Lipinski definition) is 4. The summed E-state index contributed by atoms with van der Waals surface area (Å²) in [5.74, 6) is 1.85. The van der Waals surface area contributed by atoms with Crippen molar-refractivity contribution in [3.05, 3.63) is 218 Å². The number of para-hydroxylation sites is 2. The second-order valence-electron chi connectivity index (χ2n) is 15.6. The van der Waals surface area contributed by atoms with Crippen molar-refractivity contribution < 1.29 is 4.42 Å². The van der Waals surface area contributed by atoms with Crippen LogP contribution in [0.1, 0.15) is 0 Å². The molecule has 0 unspecified atom stereocenters. The highest BCUT2D eigenvalue weighted by molar-refractivity contribution is 6.23. The van der Waals surface area contributed by atoms with Crippen LogP contribution in [0.5, 0.6) is 0 Å². The molecule has 0 saturated carbocycles. The van der Waals surface area contributed by atoms with E-state index in [1.165, 1.54) is 5.39 Å². The Hall–Kier alpha value is -8.41. The van der Waals surface area contributed by atoms with Crippen LogP contribution in [0.3, 0.4) is 0 Å². The van der Waals surface area contributed by atoms with Crippen molar-refractivity contribution in [2.75, 3.05) is 0 Å². The van der Waals surface area contributed by atoms with Gasteiger partial charge in [0.15, 0.2) is 23.1 Å². The topological polar surface area (TPSA) is 56.7 Å². The van der Waals surface area contributed by atoms with Gasteiger partial charge in [0.2, 0.25) is 0 Å². The Bertz CT molecular complexity index is 3480. The van der Waals surface area contributed by atoms with Crippen LogP contribution in [-0.2, 0) is 0 Å². The molecule has 12 rings (SSSR count). The maximum atomic E-state index is 6.84. The Morgan fingerprint density at radius 3 is 1.34 bits per heavy atom. The standard InChI is InChI=1S/C57H36N4O/c1-4-13-37(14-5-1)39-23-29-42(30-24-39)55-58-56(43-31-25-40(26-32-43)38-15-6-2-7-16-38)60-57(59-55)44-33-27-41(28-34-44)46-20-12-22-51-52(46)49-36-35-48-47-19-10-11-21-50(47)61(53(48)54(49)62-51)45-17-8-3-9-18-45/h1-36H. The number of fused-ring (bicyclic) bond motifs is 7. The summed E-state index contributed by atoms with van der Waals surface area (Å²) in [7, 11) is 0. The Kier molecular flexibility index (Phi) is 8.42. The molecule has 0 saturated heterocycles. The van der Waals surface area contributed by atoms with Crippen LogP contribution in [0.25, 0.3) is 117 Å². The van der Waals surface area contributed by atoms with Gasteiger partial charge in [-0.3, -0.25) is 0 Å². The van der Waals surface area contributed by atoms with E-state index < -0.39 is 0 Å². The van der Waals surface area contributed by atoms with Crippen molar-refractivity contribution in [1.82, 2.24) is 19.5 Å². The van der Waals surface area contributed by atoms with E-state index in [0.29, 0.717) is 17.5 Å². The van der Waals surface area contributed by atoms with E-state index in [9.17, 15) is 0 Å². The fourth-order valence-corrected chi connectivity index (χ4v) is 8.86. The zero-order valence-electron chi connectivity index (χ0n) is 33.5. The zero-order chi connectivity index (χ0) is 41.0. The molecule has 3 heterocycles. The van der Waals surface area contributed by atoms with E-state index in [-0.39, 0.29) is 0 Å². The highest BCUT2D eigenvalue weighted by Gasteiger charge is 2.21. The molecular formula is C57H36N4O. The molecule has 0 aliphatic heterocycles. The van der Waals surface area contributed by atoms with Crippen LogP contribution < -0.4 is 0 Å². The molecule has 0 bridgehead atoms. The fraction of sp³-hybridized carbons (Fsp3) is 0. The van der Waals surface area contributed by atoms with Gasteiger partial charge < -0.3 is 8.98 Å². The lowest BCUT2D eigenvalue weighted by Gasteiger charge is -2.10.